The summed E-state index contributed by atoms with van der Waals surface area (Å²) in [7, 11) is 1.86. The van der Waals surface area contributed by atoms with Crippen molar-refractivity contribution in [1.82, 2.24) is 9.13 Å². The van der Waals surface area contributed by atoms with Crippen LogP contribution in [0.3, 0.4) is 0 Å². The van der Waals surface area contributed by atoms with Crippen LogP contribution in [0.1, 0.15) is 52.0 Å². The zero-order chi connectivity index (χ0) is 15.9. The zero-order valence-corrected chi connectivity index (χ0v) is 14.0. The molecule has 2 N–H and O–H groups in total. The van der Waals surface area contributed by atoms with E-state index < -0.39 is 0 Å². The van der Waals surface area contributed by atoms with Gasteiger partial charge in [0.25, 0.3) is 0 Å². The molecule has 1 aromatic heterocycles. The number of hydrogen-bond acceptors (Lipinski definition) is 2. The molecule has 1 aliphatic carbocycles. The number of rotatable bonds is 2. The van der Waals surface area contributed by atoms with E-state index in [1.165, 1.54) is 5.57 Å². The van der Waals surface area contributed by atoms with Crippen LogP contribution in [0.25, 0.3) is 5.57 Å². The molecule has 1 aromatic rings. The number of imidazole rings is 1. The minimum absolute atomic E-state index is 0.0453. The minimum atomic E-state index is 0.0453. The fourth-order valence-corrected chi connectivity index (χ4v) is 3.21. The van der Waals surface area contributed by atoms with Gasteiger partial charge in [-0.1, -0.05) is 32.9 Å². The molecule has 4 heteroatoms. The highest BCUT2D eigenvalue weighted by Crippen LogP contribution is 2.31. The molecule has 0 fully saturated rings. The second kappa shape index (κ2) is 5.58. The smallest absolute Gasteiger partial charge is 0.328 e. The molecule has 0 amide bonds. The topological polar surface area (TPSA) is 52.9 Å². The van der Waals surface area contributed by atoms with Crippen LogP contribution in [0, 0.1) is 11.8 Å². The van der Waals surface area contributed by atoms with Crippen molar-refractivity contribution in [1.29, 1.82) is 0 Å². The first-order valence-corrected chi connectivity index (χ1v) is 7.72. The fraction of sp³-hybridized carbons (Fsp3) is 0.588. The van der Waals surface area contributed by atoms with Gasteiger partial charge in [-0.3, -0.25) is 9.13 Å². The summed E-state index contributed by atoms with van der Waals surface area (Å²) in [5.74, 6) is 0.653. The van der Waals surface area contributed by atoms with Gasteiger partial charge in [-0.25, -0.2) is 4.79 Å². The molecule has 1 heterocycles. The van der Waals surface area contributed by atoms with E-state index in [0.717, 1.165) is 17.1 Å². The van der Waals surface area contributed by atoms with Crippen LogP contribution < -0.4 is 11.4 Å². The first-order valence-electron chi connectivity index (χ1n) is 7.72. The molecule has 2 rings (SSSR count). The van der Waals surface area contributed by atoms with Gasteiger partial charge in [0.05, 0.1) is 11.4 Å². The third kappa shape index (κ3) is 2.71. The SMILES string of the molecule is CC1C=C(N)Cc2c(n(C)c(=O)n2C(C)C)/C(C(C)C)=C\1. The molecule has 1 unspecified atom stereocenters. The van der Waals surface area contributed by atoms with Crippen LogP contribution >= 0.6 is 0 Å². The van der Waals surface area contributed by atoms with Crippen LogP contribution in [-0.4, -0.2) is 9.13 Å². The summed E-state index contributed by atoms with van der Waals surface area (Å²) in [5.41, 5.74) is 10.4. The summed E-state index contributed by atoms with van der Waals surface area (Å²) in [4.78, 5) is 12.6. The van der Waals surface area contributed by atoms with Crippen molar-refractivity contribution in [2.24, 2.45) is 24.6 Å². The van der Waals surface area contributed by atoms with Crippen molar-refractivity contribution in [3.05, 3.63) is 39.7 Å². The van der Waals surface area contributed by atoms with E-state index in [1.54, 1.807) is 4.57 Å². The Morgan fingerprint density at radius 3 is 2.38 bits per heavy atom. The van der Waals surface area contributed by atoms with E-state index in [1.807, 2.05) is 25.5 Å². The monoisotopic (exact) mass is 289 g/mol. The Bertz CT molecular complexity index is 656. The lowest BCUT2D eigenvalue weighted by Gasteiger charge is -2.20. The summed E-state index contributed by atoms with van der Waals surface area (Å²) in [6, 6.07) is 0.130. The zero-order valence-electron chi connectivity index (χ0n) is 14.0. The molecule has 116 valence electrons. The minimum Gasteiger partial charge on any atom is -0.402 e. The Morgan fingerprint density at radius 1 is 1.24 bits per heavy atom. The van der Waals surface area contributed by atoms with Crippen LogP contribution in [0.15, 0.2) is 22.6 Å². The van der Waals surface area contributed by atoms with Gasteiger partial charge < -0.3 is 5.73 Å². The van der Waals surface area contributed by atoms with Gasteiger partial charge in [0.2, 0.25) is 0 Å². The summed E-state index contributed by atoms with van der Waals surface area (Å²) in [6.07, 6.45) is 4.96. The molecule has 0 saturated heterocycles. The third-order valence-corrected chi connectivity index (χ3v) is 4.10. The van der Waals surface area contributed by atoms with Crippen LogP contribution in [-0.2, 0) is 13.5 Å². The Hall–Kier alpha value is -1.71. The van der Waals surface area contributed by atoms with Gasteiger partial charge in [0.1, 0.15) is 0 Å². The number of nitrogens with two attached hydrogens (primary N) is 1. The molecule has 1 atom stereocenters. The fourth-order valence-electron chi connectivity index (χ4n) is 3.21. The van der Waals surface area contributed by atoms with Crippen LogP contribution in [0.5, 0.6) is 0 Å². The van der Waals surface area contributed by atoms with Crippen molar-refractivity contribution in [3.63, 3.8) is 0 Å². The van der Waals surface area contributed by atoms with Crippen molar-refractivity contribution in [2.75, 3.05) is 0 Å². The second-order valence-corrected chi connectivity index (χ2v) is 6.65. The highest BCUT2D eigenvalue weighted by atomic mass is 16.1. The molecule has 0 aliphatic heterocycles. The lowest BCUT2D eigenvalue weighted by molar-refractivity contribution is 0.550. The Balaban J connectivity index is 2.83. The quantitative estimate of drug-likeness (QED) is 0.910. The summed E-state index contributed by atoms with van der Waals surface area (Å²) >= 11 is 0. The molecule has 0 aromatic carbocycles. The second-order valence-electron chi connectivity index (χ2n) is 6.65. The van der Waals surface area contributed by atoms with Crippen molar-refractivity contribution >= 4 is 5.57 Å². The highest BCUT2D eigenvalue weighted by molar-refractivity contribution is 5.68. The van der Waals surface area contributed by atoms with Gasteiger partial charge in [-0.05, 0) is 31.3 Å². The van der Waals surface area contributed by atoms with E-state index in [0.29, 0.717) is 12.3 Å². The Morgan fingerprint density at radius 2 is 1.86 bits per heavy atom. The van der Waals surface area contributed by atoms with Gasteiger partial charge in [0.15, 0.2) is 0 Å². The van der Waals surface area contributed by atoms with Crippen molar-refractivity contribution < 1.29 is 0 Å². The van der Waals surface area contributed by atoms with Gasteiger partial charge >= 0.3 is 5.69 Å². The number of aromatic nitrogens is 2. The van der Waals surface area contributed by atoms with E-state index in [-0.39, 0.29) is 17.6 Å². The molecular formula is C17H27N3O. The van der Waals surface area contributed by atoms with Crippen LogP contribution in [0.4, 0.5) is 0 Å². The third-order valence-electron chi connectivity index (χ3n) is 4.10. The number of fused-ring (bicyclic) bond motifs is 1. The number of allylic oxidation sites excluding steroid dienone is 4. The summed E-state index contributed by atoms with van der Waals surface area (Å²) in [5, 5.41) is 0. The van der Waals surface area contributed by atoms with Crippen molar-refractivity contribution in [3.8, 4) is 0 Å². The molecule has 4 nitrogen and oxygen atoms in total. The molecule has 0 radical (unpaired) electrons. The van der Waals surface area contributed by atoms with Gasteiger partial charge in [-0.15, -0.1) is 0 Å². The number of hydrogen-bond donors (Lipinski definition) is 1. The molecule has 0 bridgehead atoms. The first-order chi connectivity index (χ1) is 9.73. The van der Waals surface area contributed by atoms with Crippen molar-refractivity contribution in [2.45, 2.75) is 47.1 Å². The molecule has 1 aliphatic rings. The maximum Gasteiger partial charge on any atom is 0.328 e. The van der Waals surface area contributed by atoms with Gasteiger partial charge in [-0.2, -0.15) is 0 Å². The standard InChI is InChI=1S/C17H27N3O/c1-10(2)14-8-12(5)7-13(18)9-15-16(14)19(6)17(21)20(15)11(3)4/h7-8,10-12H,9,18H2,1-6H3/b13-7?,14-8-. The Labute approximate surface area is 127 Å². The molecule has 0 saturated carbocycles. The summed E-state index contributed by atoms with van der Waals surface area (Å²) in [6.45, 7) is 10.6. The average Bonchev–Trinajstić information content (AvgIpc) is 2.56. The lowest BCUT2D eigenvalue weighted by Crippen LogP contribution is -2.25. The normalized spacial score (nSPS) is 21.6. The molecule has 0 spiro atoms. The van der Waals surface area contributed by atoms with E-state index >= 15 is 0 Å². The van der Waals surface area contributed by atoms with E-state index in [9.17, 15) is 4.79 Å². The first kappa shape index (κ1) is 15.7. The number of nitrogens with zero attached hydrogens (tertiary/aromatic N) is 2. The molecular weight excluding hydrogens is 262 g/mol. The van der Waals surface area contributed by atoms with Crippen LogP contribution in [0.2, 0.25) is 0 Å². The maximum atomic E-state index is 12.6. The predicted octanol–water partition coefficient (Wildman–Crippen LogP) is 2.84. The lowest BCUT2D eigenvalue weighted by atomic mass is 9.90. The van der Waals surface area contributed by atoms with E-state index in [2.05, 4.69) is 32.9 Å². The average molecular weight is 289 g/mol. The highest BCUT2D eigenvalue weighted by Gasteiger charge is 2.25. The summed E-state index contributed by atoms with van der Waals surface area (Å²) < 4.78 is 3.66. The van der Waals surface area contributed by atoms with E-state index in [4.69, 9.17) is 5.73 Å². The maximum absolute atomic E-state index is 12.6. The van der Waals surface area contributed by atoms with Gasteiger partial charge in [0, 0.05) is 25.2 Å². The predicted molar refractivity (Wildman–Crippen MR) is 88.0 cm³/mol. The Kier molecular flexibility index (Phi) is 4.17. The largest absolute Gasteiger partial charge is 0.402 e. The molecule has 21 heavy (non-hydrogen) atoms.